The lowest BCUT2D eigenvalue weighted by Crippen LogP contribution is -2.49. The molecule has 0 spiro atoms. The van der Waals surface area contributed by atoms with Gasteiger partial charge in [0.25, 0.3) is 0 Å². The average molecular weight is 282 g/mol. The van der Waals surface area contributed by atoms with E-state index in [1.54, 1.807) is 0 Å². The molecule has 2 bridgehead atoms. The van der Waals surface area contributed by atoms with Crippen molar-refractivity contribution in [3.63, 3.8) is 0 Å². The monoisotopic (exact) mass is 282 g/mol. The Labute approximate surface area is 120 Å². The van der Waals surface area contributed by atoms with Gasteiger partial charge in [-0.1, -0.05) is 6.92 Å². The third-order valence-corrected chi connectivity index (χ3v) is 6.58. The van der Waals surface area contributed by atoms with Crippen molar-refractivity contribution in [3.8, 4) is 0 Å². The molecule has 4 heteroatoms. The molecule has 3 fully saturated rings. The van der Waals surface area contributed by atoms with Crippen LogP contribution in [0.5, 0.6) is 0 Å². The second-order valence-electron chi connectivity index (χ2n) is 6.58. The van der Waals surface area contributed by atoms with Crippen LogP contribution in [0.15, 0.2) is 0 Å². The summed E-state index contributed by atoms with van der Waals surface area (Å²) in [5, 5.41) is 4.25. The second-order valence-corrected chi connectivity index (χ2v) is 8.07. The van der Waals surface area contributed by atoms with Gasteiger partial charge in [0.05, 0.1) is 0 Å². The third kappa shape index (κ3) is 2.94. The minimum Gasteiger partial charge on any atom is -0.338 e. The number of carbonyl (C=O) groups is 1. The van der Waals surface area contributed by atoms with Gasteiger partial charge in [-0.3, -0.25) is 4.79 Å². The quantitative estimate of drug-likeness (QED) is 0.843. The summed E-state index contributed by atoms with van der Waals surface area (Å²) in [6.07, 6.45) is 5.87. The summed E-state index contributed by atoms with van der Waals surface area (Å²) in [7, 11) is 0. The number of rotatable bonds is 2. The van der Waals surface area contributed by atoms with Crippen LogP contribution in [-0.4, -0.2) is 46.5 Å². The van der Waals surface area contributed by atoms with Crippen LogP contribution in [-0.2, 0) is 4.79 Å². The highest BCUT2D eigenvalue weighted by atomic mass is 32.2. The van der Waals surface area contributed by atoms with Crippen molar-refractivity contribution >= 4 is 17.7 Å². The molecule has 3 rings (SSSR count). The summed E-state index contributed by atoms with van der Waals surface area (Å²) in [5.41, 5.74) is 0. The van der Waals surface area contributed by atoms with Gasteiger partial charge in [-0.15, -0.1) is 0 Å². The zero-order valence-corrected chi connectivity index (χ0v) is 12.9. The van der Waals surface area contributed by atoms with Gasteiger partial charge >= 0.3 is 0 Å². The highest BCUT2D eigenvalue weighted by molar-refractivity contribution is 8.00. The summed E-state index contributed by atoms with van der Waals surface area (Å²) in [6, 6.07) is 1.80. The molecule has 3 aliphatic heterocycles. The fourth-order valence-corrected chi connectivity index (χ4v) is 5.09. The van der Waals surface area contributed by atoms with Gasteiger partial charge in [-0.25, -0.2) is 0 Å². The van der Waals surface area contributed by atoms with Gasteiger partial charge in [0.1, 0.15) is 0 Å². The van der Waals surface area contributed by atoms with Gasteiger partial charge in [-0.05, 0) is 38.5 Å². The first-order valence-electron chi connectivity index (χ1n) is 7.80. The number of piperidine rings is 1. The van der Waals surface area contributed by atoms with Crippen LogP contribution in [0.25, 0.3) is 0 Å². The first kappa shape index (κ1) is 13.7. The summed E-state index contributed by atoms with van der Waals surface area (Å²) < 4.78 is 0. The second kappa shape index (κ2) is 5.65. The molecule has 108 valence electrons. The first-order valence-corrected chi connectivity index (χ1v) is 8.85. The molecule has 0 aromatic carbocycles. The Hall–Kier alpha value is -0.220. The number of hydrogen-bond acceptors (Lipinski definition) is 3. The third-order valence-electron chi connectivity index (χ3n) is 5.24. The molecule has 3 nitrogen and oxygen atoms in total. The number of nitrogens with one attached hydrogen (secondary N) is 1. The molecule has 3 heterocycles. The Kier molecular flexibility index (Phi) is 4.08. The molecule has 0 aliphatic carbocycles. The summed E-state index contributed by atoms with van der Waals surface area (Å²) in [6.45, 7) is 5.41. The van der Waals surface area contributed by atoms with E-state index in [0.29, 0.717) is 35.2 Å². The van der Waals surface area contributed by atoms with E-state index in [-0.39, 0.29) is 0 Å². The van der Waals surface area contributed by atoms with E-state index in [2.05, 4.69) is 24.1 Å². The van der Waals surface area contributed by atoms with Crippen LogP contribution in [0.3, 0.4) is 0 Å². The standard InChI is InChI=1S/C15H26N2OS/c1-10-11(2)19-6-5-17(10)15(18)9-12-7-13-3-4-14(8-12)16-13/h10-14,16H,3-9H2,1-2H3. The fraction of sp³-hybridized carbons (Fsp3) is 0.933. The first-order chi connectivity index (χ1) is 9.13. The maximum Gasteiger partial charge on any atom is 0.223 e. The molecular weight excluding hydrogens is 256 g/mol. The predicted molar refractivity (Wildman–Crippen MR) is 80.4 cm³/mol. The Morgan fingerprint density at radius 3 is 2.63 bits per heavy atom. The minimum atomic E-state index is 0.407. The van der Waals surface area contributed by atoms with Gasteiger partial charge in [0.2, 0.25) is 5.91 Å². The SMILES string of the molecule is CC1SCCN(C(=O)CC2CC3CCC(C2)N3)C1C. The summed E-state index contributed by atoms with van der Waals surface area (Å²) in [4.78, 5) is 14.7. The van der Waals surface area contributed by atoms with Crippen LogP contribution in [0.1, 0.15) is 46.0 Å². The van der Waals surface area contributed by atoms with Crippen molar-refractivity contribution in [3.05, 3.63) is 0 Å². The lowest BCUT2D eigenvalue weighted by atomic mass is 9.89. The Bertz CT molecular complexity index is 337. The summed E-state index contributed by atoms with van der Waals surface area (Å²) >= 11 is 2.00. The van der Waals surface area contributed by atoms with Gasteiger partial charge in [-0.2, -0.15) is 11.8 Å². The summed E-state index contributed by atoms with van der Waals surface area (Å²) in [5.74, 6) is 2.14. The number of nitrogens with zero attached hydrogens (tertiary/aromatic N) is 1. The van der Waals surface area contributed by atoms with Crippen molar-refractivity contribution < 1.29 is 4.79 Å². The van der Waals surface area contributed by atoms with Crippen molar-refractivity contribution in [2.45, 2.75) is 69.3 Å². The van der Waals surface area contributed by atoms with Crippen LogP contribution in [0.4, 0.5) is 0 Å². The topological polar surface area (TPSA) is 32.3 Å². The smallest absolute Gasteiger partial charge is 0.223 e. The molecular formula is C15H26N2OS. The van der Waals surface area contributed by atoms with Gasteiger partial charge in [0.15, 0.2) is 0 Å². The van der Waals surface area contributed by atoms with Crippen LogP contribution >= 0.6 is 11.8 Å². The minimum absolute atomic E-state index is 0.407. The maximum absolute atomic E-state index is 12.6. The van der Waals surface area contributed by atoms with Crippen molar-refractivity contribution in [1.82, 2.24) is 10.2 Å². The zero-order chi connectivity index (χ0) is 13.4. The number of amides is 1. The molecule has 1 amide bonds. The van der Waals surface area contributed by atoms with E-state index in [9.17, 15) is 4.79 Å². The Balaban J connectivity index is 1.56. The Morgan fingerprint density at radius 1 is 1.26 bits per heavy atom. The normalized spacial score (nSPS) is 42.4. The number of carbonyl (C=O) groups excluding carboxylic acids is 1. The van der Waals surface area contributed by atoms with Gasteiger partial charge in [0, 0.05) is 42.1 Å². The number of hydrogen-bond donors (Lipinski definition) is 1. The van der Waals surface area contributed by atoms with Crippen LogP contribution < -0.4 is 5.32 Å². The highest BCUT2D eigenvalue weighted by Crippen LogP contribution is 2.34. The molecule has 19 heavy (non-hydrogen) atoms. The highest BCUT2D eigenvalue weighted by Gasteiger charge is 2.36. The van der Waals surface area contributed by atoms with E-state index in [4.69, 9.17) is 0 Å². The Morgan fingerprint density at radius 2 is 1.95 bits per heavy atom. The maximum atomic E-state index is 12.6. The molecule has 0 radical (unpaired) electrons. The van der Waals surface area contributed by atoms with E-state index in [1.165, 1.54) is 25.7 Å². The van der Waals surface area contributed by atoms with Crippen molar-refractivity contribution in [1.29, 1.82) is 0 Å². The molecule has 0 saturated carbocycles. The number of thioether (sulfide) groups is 1. The molecule has 3 aliphatic rings. The number of fused-ring (bicyclic) bond motifs is 2. The fourth-order valence-electron chi connectivity index (χ4n) is 3.99. The van der Waals surface area contributed by atoms with Crippen molar-refractivity contribution in [2.24, 2.45) is 5.92 Å². The largest absolute Gasteiger partial charge is 0.338 e. The molecule has 3 saturated heterocycles. The van der Waals surface area contributed by atoms with Crippen LogP contribution in [0.2, 0.25) is 0 Å². The van der Waals surface area contributed by atoms with E-state index >= 15 is 0 Å². The van der Waals surface area contributed by atoms with E-state index in [0.717, 1.165) is 18.7 Å². The lowest BCUT2D eigenvalue weighted by molar-refractivity contribution is -0.134. The molecule has 0 aromatic heterocycles. The average Bonchev–Trinajstić information content (AvgIpc) is 2.72. The van der Waals surface area contributed by atoms with E-state index < -0.39 is 0 Å². The predicted octanol–water partition coefficient (Wildman–Crippen LogP) is 2.26. The van der Waals surface area contributed by atoms with Crippen molar-refractivity contribution in [2.75, 3.05) is 12.3 Å². The lowest BCUT2D eigenvalue weighted by Gasteiger charge is -2.39. The molecule has 0 aromatic rings. The molecule has 4 atom stereocenters. The zero-order valence-electron chi connectivity index (χ0n) is 12.1. The molecule has 1 N–H and O–H groups in total. The molecule has 4 unspecified atom stereocenters. The van der Waals surface area contributed by atoms with Crippen LogP contribution in [0, 0.1) is 5.92 Å². The van der Waals surface area contributed by atoms with E-state index in [1.807, 2.05) is 11.8 Å². The van der Waals surface area contributed by atoms with Gasteiger partial charge < -0.3 is 10.2 Å².